The van der Waals surface area contributed by atoms with Gasteiger partial charge in [0, 0.05) is 17.5 Å². The number of nitrogens with two attached hydrogens (primary N) is 1. The van der Waals surface area contributed by atoms with Crippen molar-refractivity contribution in [2.24, 2.45) is 11.1 Å². The van der Waals surface area contributed by atoms with Crippen molar-refractivity contribution in [2.75, 3.05) is 6.54 Å². The van der Waals surface area contributed by atoms with Crippen LogP contribution in [0.5, 0.6) is 0 Å². The molecule has 3 rings (SSSR count). The average molecular weight is 343 g/mol. The fraction of sp³-hybridized carbons (Fsp3) is 0.208. The van der Waals surface area contributed by atoms with Gasteiger partial charge in [-0.1, -0.05) is 91.9 Å². The Hall–Kier alpha value is -2.71. The van der Waals surface area contributed by atoms with Crippen LogP contribution in [0.25, 0.3) is 0 Å². The zero-order valence-corrected chi connectivity index (χ0v) is 15.2. The molecule has 0 bridgehead atoms. The van der Waals surface area contributed by atoms with Gasteiger partial charge in [0.05, 0.1) is 0 Å². The third-order valence-corrected chi connectivity index (χ3v) is 4.90. The molecular formula is C24H25NO. The second kappa shape index (κ2) is 8.11. The maximum absolute atomic E-state index is 13.1. The third-order valence-electron chi connectivity index (χ3n) is 4.90. The van der Waals surface area contributed by atoms with Crippen LogP contribution >= 0.6 is 0 Å². The number of hydrogen-bond acceptors (Lipinski definition) is 2. The van der Waals surface area contributed by atoms with Crippen LogP contribution in [0.3, 0.4) is 0 Å². The standard InChI is InChI=1S/C24H25NO/c1-24(18-25,17-21-10-6-3-7-11-21)23(26)22-14-12-20(13-15-22)16-19-8-4-2-5-9-19/h2-15H,16-18,25H2,1H3. The molecule has 0 saturated carbocycles. The zero-order valence-electron chi connectivity index (χ0n) is 15.2. The minimum absolute atomic E-state index is 0.107. The van der Waals surface area contributed by atoms with Crippen molar-refractivity contribution in [2.45, 2.75) is 19.8 Å². The predicted octanol–water partition coefficient (Wildman–Crippen LogP) is 4.67. The lowest BCUT2D eigenvalue weighted by molar-refractivity contribution is 0.0825. The van der Waals surface area contributed by atoms with E-state index < -0.39 is 5.41 Å². The van der Waals surface area contributed by atoms with Gasteiger partial charge in [0.25, 0.3) is 0 Å². The Morgan fingerprint density at radius 2 is 1.27 bits per heavy atom. The average Bonchev–Trinajstić information content (AvgIpc) is 2.69. The van der Waals surface area contributed by atoms with Crippen molar-refractivity contribution in [3.63, 3.8) is 0 Å². The Labute approximate surface area is 155 Å². The molecule has 1 atom stereocenters. The number of carbonyl (C=O) groups is 1. The first-order chi connectivity index (χ1) is 12.6. The molecule has 1 unspecified atom stereocenters. The van der Waals surface area contributed by atoms with Crippen LogP contribution in [-0.2, 0) is 12.8 Å². The smallest absolute Gasteiger partial charge is 0.170 e. The van der Waals surface area contributed by atoms with Crippen molar-refractivity contribution in [3.8, 4) is 0 Å². The van der Waals surface area contributed by atoms with Gasteiger partial charge in [-0.25, -0.2) is 0 Å². The second-order valence-corrected chi connectivity index (χ2v) is 7.12. The molecule has 2 nitrogen and oxygen atoms in total. The summed E-state index contributed by atoms with van der Waals surface area (Å²) in [6.45, 7) is 2.28. The molecule has 0 amide bonds. The van der Waals surface area contributed by atoms with Crippen LogP contribution in [-0.4, -0.2) is 12.3 Å². The summed E-state index contributed by atoms with van der Waals surface area (Å²) < 4.78 is 0. The molecule has 3 aromatic carbocycles. The molecule has 0 aliphatic heterocycles. The molecule has 0 saturated heterocycles. The van der Waals surface area contributed by atoms with Gasteiger partial charge < -0.3 is 5.73 Å². The van der Waals surface area contributed by atoms with Crippen LogP contribution < -0.4 is 5.73 Å². The van der Waals surface area contributed by atoms with Gasteiger partial charge >= 0.3 is 0 Å². The Bertz CT molecular complexity index is 840. The zero-order chi connectivity index (χ0) is 18.4. The predicted molar refractivity (Wildman–Crippen MR) is 107 cm³/mol. The number of rotatable bonds is 7. The largest absolute Gasteiger partial charge is 0.329 e. The summed E-state index contributed by atoms with van der Waals surface area (Å²) in [5, 5.41) is 0. The highest BCUT2D eigenvalue weighted by molar-refractivity contribution is 6.00. The van der Waals surface area contributed by atoms with Gasteiger partial charge in [0.2, 0.25) is 0 Å². The van der Waals surface area contributed by atoms with Crippen molar-refractivity contribution >= 4 is 5.78 Å². The normalized spacial score (nSPS) is 13.2. The van der Waals surface area contributed by atoms with Gasteiger partial charge in [-0.15, -0.1) is 0 Å². The quantitative estimate of drug-likeness (QED) is 0.634. The maximum atomic E-state index is 13.1. The van der Waals surface area contributed by atoms with Crippen LogP contribution in [0.4, 0.5) is 0 Å². The van der Waals surface area contributed by atoms with E-state index in [1.54, 1.807) is 0 Å². The minimum atomic E-state index is -0.595. The van der Waals surface area contributed by atoms with Gasteiger partial charge in [-0.05, 0) is 29.5 Å². The summed E-state index contributed by atoms with van der Waals surface area (Å²) in [5.74, 6) is 0.107. The van der Waals surface area contributed by atoms with Crippen LogP contribution in [0, 0.1) is 5.41 Å². The summed E-state index contributed by atoms with van der Waals surface area (Å²) in [6, 6.07) is 28.3. The number of ketones is 1. The lowest BCUT2D eigenvalue weighted by atomic mass is 9.77. The van der Waals surface area contributed by atoms with E-state index in [1.165, 1.54) is 11.1 Å². The van der Waals surface area contributed by atoms with E-state index in [2.05, 4.69) is 12.1 Å². The molecule has 26 heavy (non-hydrogen) atoms. The van der Waals surface area contributed by atoms with E-state index >= 15 is 0 Å². The molecular weight excluding hydrogens is 318 g/mol. The van der Waals surface area contributed by atoms with Gasteiger partial charge in [-0.2, -0.15) is 0 Å². The highest BCUT2D eigenvalue weighted by Gasteiger charge is 2.32. The summed E-state index contributed by atoms with van der Waals surface area (Å²) in [4.78, 5) is 13.1. The van der Waals surface area contributed by atoms with Gasteiger partial charge in [0.15, 0.2) is 5.78 Å². The van der Waals surface area contributed by atoms with Crippen molar-refractivity contribution in [1.82, 2.24) is 0 Å². The molecule has 0 fully saturated rings. The third kappa shape index (κ3) is 4.27. The minimum Gasteiger partial charge on any atom is -0.329 e. The fourth-order valence-electron chi connectivity index (χ4n) is 3.25. The van der Waals surface area contributed by atoms with E-state index in [1.807, 2.05) is 79.7 Å². The summed E-state index contributed by atoms with van der Waals surface area (Å²) in [6.07, 6.45) is 1.52. The van der Waals surface area contributed by atoms with Crippen LogP contribution in [0.15, 0.2) is 84.9 Å². The molecule has 0 radical (unpaired) electrons. The Morgan fingerprint density at radius 3 is 1.81 bits per heavy atom. The van der Waals surface area contributed by atoms with Gasteiger partial charge in [-0.3, -0.25) is 4.79 Å². The summed E-state index contributed by atoms with van der Waals surface area (Å²) >= 11 is 0. The van der Waals surface area contributed by atoms with E-state index in [9.17, 15) is 4.79 Å². The number of hydrogen-bond donors (Lipinski definition) is 1. The van der Waals surface area contributed by atoms with Crippen molar-refractivity contribution in [3.05, 3.63) is 107 Å². The van der Waals surface area contributed by atoms with E-state index in [4.69, 9.17) is 5.73 Å². The Kier molecular flexibility index (Phi) is 5.65. The SMILES string of the molecule is CC(CN)(Cc1ccccc1)C(=O)c1ccc(Cc2ccccc2)cc1. The molecule has 0 spiro atoms. The van der Waals surface area contributed by atoms with Crippen LogP contribution in [0.2, 0.25) is 0 Å². The molecule has 0 heterocycles. The maximum Gasteiger partial charge on any atom is 0.170 e. The first kappa shape index (κ1) is 18.1. The monoisotopic (exact) mass is 343 g/mol. The van der Waals surface area contributed by atoms with Crippen molar-refractivity contribution in [1.29, 1.82) is 0 Å². The van der Waals surface area contributed by atoms with Crippen LogP contribution in [0.1, 0.15) is 34.0 Å². The number of carbonyl (C=O) groups excluding carboxylic acids is 1. The fourth-order valence-corrected chi connectivity index (χ4v) is 3.25. The molecule has 3 aromatic rings. The topological polar surface area (TPSA) is 43.1 Å². The molecule has 2 heteroatoms. The second-order valence-electron chi connectivity index (χ2n) is 7.12. The lowest BCUT2D eigenvalue weighted by Gasteiger charge is -2.26. The number of Topliss-reactive ketones (excluding diaryl/α,β-unsaturated/α-hetero) is 1. The van der Waals surface area contributed by atoms with E-state index in [0.717, 1.165) is 17.5 Å². The molecule has 2 N–H and O–H groups in total. The summed E-state index contributed by atoms with van der Waals surface area (Å²) in [5.41, 5.74) is 9.74. The Morgan fingerprint density at radius 1 is 0.769 bits per heavy atom. The summed E-state index contributed by atoms with van der Waals surface area (Å²) in [7, 11) is 0. The molecule has 0 aromatic heterocycles. The van der Waals surface area contributed by atoms with Crippen molar-refractivity contribution < 1.29 is 4.79 Å². The lowest BCUT2D eigenvalue weighted by Crippen LogP contribution is -2.38. The molecule has 0 aliphatic carbocycles. The first-order valence-electron chi connectivity index (χ1n) is 9.02. The highest BCUT2D eigenvalue weighted by atomic mass is 16.1. The van der Waals surface area contributed by atoms with E-state index in [0.29, 0.717) is 13.0 Å². The first-order valence-corrected chi connectivity index (χ1v) is 9.02. The highest BCUT2D eigenvalue weighted by Crippen LogP contribution is 2.27. The molecule has 132 valence electrons. The van der Waals surface area contributed by atoms with E-state index in [-0.39, 0.29) is 5.78 Å². The molecule has 0 aliphatic rings. The Balaban J connectivity index is 1.75. The number of benzene rings is 3. The van der Waals surface area contributed by atoms with Gasteiger partial charge in [0.1, 0.15) is 0 Å².